The Bertz CT molecular complexity index is 1540. The molecule has 0 spiro atoms. The predicted molar refractivity (Wildman–Crippen MR) is 227 cm³/mol. The van der Waals surface area contributed by atoms with Gasteiger partial charge in [0, 0.05) is 52.1 Å². The second kappa shape index (κ2) is 26.9. The van der Waals surface area contributed by atoms with Crippen molar-refractivity contribution in [1.82, 2.24) is 0 Å². The van der Waals surface area contributed by atoms with E-state index in [4.69, 9.17) is 28.4 Å². The summed E-state index contributed by atoms with van der Waals surface area (Å²) in [5, 5.41) is 3.43. The zero-order valence-corrected chi connectivity index (χ0v) is 36.2. The van der Waals surface area contributed by atoms with Crippen LogP contribution in [-0.2, 0) is 28.5 Å². The van der Waals surface area contributed by atoms with Crippen molar-refractivity contribution in [3.05, 3.63) is 46.9 Å². The van der Waals surface area contributed by atoms with Gasteiger partial charge in [-0.05, 0) is 55.7 Å². The van der Waals surface area contributed by atoms with Crippen LogP contribution in [0.2, 0.25) is 0 Å². The fraction of sp³-hybridized carbons (Fsp3) is 0.652. The van der Waals surface area contributed by atoms with E-state index < -0.39 is 12.2 Å². The van der Waals surface area contributed by atoms with Gasteiger partial charge in [0.2, 0.25) is 0 Å². The Morgan fingerprint density at radius 2 is 0.982 bits per heavy atom. The summed E-state index contributed by atoms with van der Waals surface area (Å²) in [6.07, 6.45) is 12.0. The molecule has 3 aromatic rings. The van der Waals surface area contributed by atoms with Crippen LogP contribution in [0.5, 0.6) is 11.5 Å². The van der Waals surface area contributed by atoms with E-state index in [2.05, 4.69) is 57.5 Å². The monoisotopic (exact) mass is 828 g/mol. The number of benzene rings is 3. The maximum atomic E-state index is 12.8. The van der Waals surface area contributed by atoms with Gasteiger partial charge in [0.25, 0.3) is 0 Å². The number of carbonyl (C=O) groups is 2. The first kappa shape index (κ1) is 46.5. The topological polar surface area (TPSA) is 89.5 Å². The molecule has 3 aromatic carbocycles. The highest BCUT2D eigenvalue weighted by atomic mass is 79.9. The van der Waals surface area contributed by atoms with Crippen molar-refractivity contribution >= 4 is 49.4 Å². The Balaban J connectivity index is 1.90. The molecule has 0 aliphatic rings. The van der Waals surface area contributed by atoms with E-state index in [9.17, 15) is 9.59 Å². The number of carbonyl (C=O) groups excluding carboxylic acids is 2. The maximum absolute atomic E-state index is 12.8. The van der Waals surface area contributed by atoms with Crippen LogP contribution in [-0.4, -0.2) is 63.8 Å². The molecule has 0 fully saturated rings. The van der Waals surface area contributed by atoms with E-state index in [1.54, 1.807) is 0 Å². The van der Waals surface area contributed by atoms with E-state index in [-0.39, 0.29) is 38.4 Å². The minimum atomic E-state index is -0.567. The lowest BCUT2D eigenvalue weighted by atomic mass is 10.0. The first-order valence-corrected chi connectivity index (χ1v) is 22.0. The first-order valence-electron chi connectivity index (χ1n) is 21.2. The molecule has 0 saturated carbocycles. The lowest BCUT2D eigenvalue weighted by Crippen LogP contribution is -2.31. The van der Waals surface area contributed by atoms with Crippen molar-refractivity contribution in [2.75, 3.05) is 39.6 Å². The molecule has 8 nitrogen and oxygen atoms in total. The number of hydrogen-bond donors (Lipinski definition) is 0. The molecule has 0 aliphatic carbocycles. The highest BCUT2D eigenvalue weighted by Gasteiger charge is 2.23. The van der Waals surface area contributed by atoms with Crippen molar-refractivity contribution < 1.29 is 38.0 Å². The summed E-state index contributed by atoms with van der Waals surface area (Å²) in [6.45, 7) is 15.0. The van der Waals surface area contributed by atoms with Gasteiger partial charge in [0.15, 0.2) is 12.2 Å². The second-order valence-corrected chi connectivity index (χ2v) is 15.8. The molecule has 0 bridgehead atoms. The normalized spacial score (nSPS) is 13.7. The van der Waals surface area contributed by atoms with Crippen LogP contribution >= 0.6 is 15.9 Å². The van der Waals surface area contributed by atoms with Gasteiger partial charge in [-0.2, -0.15) is 0 Å². The number of esters is 2. The molecule has 0 N–H and O–H groups in total. The number of halogens is 1. The molecule has 308 valence electrons. The molecular weight excluding hydrogens is 760 g/mol. The van der Waals surface area contributed by atoms with E-state index in [1.165, 1.54) is 12.8 Å². The Morgan fingerprint density at radius 1 is 0.545 bits per heavy atom. The second-order valence-electron chi connectivity index (χ2n) is 14.9. The highest BCUT2D eigenvalue weighted by Crippen LogP contribution is 2.44. The van der Waals surface area contributed by atoms with Gasteiger partial charge in [-0.1, -0.05) is 133 Å². The van der Waals surface area contributed by atoms with Gasteiger partial charge < -0.3 is 28.4 Å². The standard InChI is InChI=1S/C46H69BrO8/c1-7-13-19-34(11-5)28-50-30-37(54-43(48)23-15-9-3)32-52-45-39-21-17-18-22-40(39)46(42-27-36(47)25-26-41(42)45)53-33-38(55-44(49)24-16-10-4)31-51-29-35(12-6)20-14-8-2/h17-18,21-22,25-27,34-35,37-38H,7-16,19-20,23-24,28-33H2,1-6H3. The zero-order chi connectivity index (χ0) is 39.8. The molecule has 0 aliphatic heterocycles. The van der Waals surface area contributed by atoms with Gasteiger partial charge >= 0.3 is 11.9 Å². The number of ether oxygens (including phenoxy) is 6. The third-order valence-corrected chi connectivity index (χ3v) is 10.7. The predicted octanol–water partition coefficient (Wildman–Crippen LogP) is 12.2. The van der Waals surface area contributed by atoms with Gasteiger partial charge in [-0.3, -0.25) is 9.59 Å². The van der Waals surface area contributed by atoms with Gasteiger partial charge in [0.05, 0.1) is 13.2 Å². The van der Waals surface area contributed by atoms with E-state index in [0.29, 0.717) is 49.4 Å². The van der Waals surface area contributed by atoms with Crippen LogP contribution in [0, 0.1) is 11.8 Å². The molecule has 0 radical (unpaired) electrons. The van der Waals surface area contributed by atoms with Crippen LogP contribution < -0.4 is 9.47 Å². The lowest BCUT2D eigenvalue weighted by Gasteiger charge is -2.24. The quantitative estimate of drug-likeness (QED) is 0.0485. The number of rotatable bonds is 30. The summed E-state index contributed by atoms with van der Waals surface area (Å²) >= 11 is 3.68. The summed E-state index contributed by atoms with van der Waals surface area (Å²) in [7, 11) is 0. The molecule has 0 saturated heterocycles. The van der Waals surface area contributed by atoms with E-state index >= 15 is 0 Å². The fourth-order valence-electron chi connectivity index (χ4n) is 6.63. The fourth-order valence-corrected chi connectivity index (χ4v) is 6.99. The average molecular weight is 830 g/mol. The molecular formula is C46H69BrO8. The van der Waals surface area contributed by atoms with Crippen LogP contribution in [0.4, 0.5) is 0 Å². The van der Waals surface area contributed by atoms with E-state index in [1.807, 2.05) is 42.5 Å². The van der Waals surface area contributed by atoms with E-state index in [0.717, 1.165) is 90.2 Å². The molecule has 55 heavy (non-hydrogen) atoms. The lowest BCUT2D eigenvalue weighted by molar-refractivity contribution is -0.155. The van der Waals surface area contributed by atoms with Crippen LogP contribution in [0.25, 0.3) is 21.5 Å². The Kier molecular flexibility index (Phi) is 22.7. The van der Waals surface area contributed by atoms with Crippen molar-refractivity contribution in [3.63, 3.8) is 0 Å². The van der Waals surface area contributed by atoms with Crippen LogP contribution in [0.3, 0.4) is 0 Å². The van der Waals surface area contributed by atoms with Gasteiger partial charge in [-0.15, -0.1) is 0 Å². The average Bonchev–Trinajstić information content (AvgIpc) is 3.19. The Hall–Kier alpha value is -2.88. The summed E-state index contributed by atoms with van der Waals surface area (Å²) in [4.78, 5) is 25.7. The Labute approximate surface area is 339 Å². The minimum Gasteiger partial charge on any atom is -0.488 e. The molecule has 9 heteroatoms. The third-order valence-electron chi connectivity index (χ3n) is 10.2. The zero-order valence-electron chi connectivity index (χ0n) is 34.6. The largest absolute Gasteiger partial charge is 0.488 e. The molecule has 4 atom stereocenters. The van der Waals surface area contributed by atoms with Crippen molar-refractivity contribution in [2.45, 2.75) is 144 Å². The van der Waals surface area contributed by atoms with Crippen molar-refractivity contribution in [1.29, 1.82) is 0 Å². The molecule has 4 unspecified atom stereocenters. The van der Waals surface area contributed by atoms with Gasteiger partial charge in [-0.25, -0.2) is 0 Å². The molecule has 3 rings (SSSR count). The SMILES string of the molecule is CCCCC(=O)OC(COCC(CC)CCCC)COc1c2ccccc2c(OCC(COCC(CC)CCCC)OC(=O)CCCC)c2cc(Br)ccc12. The van der Waals surface area contributed by atoms with Gasteiger partial charge in [0.1, 0.15) is 24.7 Å². The summed E-state index contributed by atoms with van der Waals surface area (Å²) in [6, 6.07) is 14.0. The maximum Gasteiger partial charge on any atom is 0.306 e. The summed E-state index contributed by atoms with van der Waals surface area (Å²) in [5.74, 6) is 1.82. The summed E-state index contributed by atoms with van der Waals surface area (Å²) < 4.78 is 38.5. The molecule has 0 amide bonds. The number of fused-ring (bicyclic) bond motifs is 2. The summed E-state index contributed by atoms with van der Waals surface area (Å²) in [5.41, 5.74) is 0. The van der Waals surface area contributed by atoms with Crippen LogP contribution in [0.15, 0.2) is 46.9 Å². The molecule has 0 heterocycles. The third kappa shape index (κ3) is 16.3. The minimum absolute atomic E-state index is 0.138. The van der Waals surface area contributed by atoms with Crippen molar-refractivity contribution in [2.24, 2.45) is 11.8 Å². The highest BCUT2D eigenvalue weighted by molar-refractivity contribution is 9.10. The number of unbranched alkanes of at least 4 members (excludes halogenated alkanes) is 4. The smallest absolute Gasteiger partial charge is 0.306 e. The van der Waals surface area contributed by atoms with Crippen LogP contribution in [0.1, 0.15) is 131 Å². The number of hydrogen-bond acceptors (Lipinski definition) is 8. The first-order chi connectivity index (χ1) is 26.8. The molecule has 0 aromatic heterocycles. The Morgan fingerprint density at radius 3 is 1.42 bits per heavy atom. The van der Waals surface area contributed by atoms with Crippen molar-refractivity contribution in [3.8, 4) is 11.5 Å².